The highest BCUT2D eigenvalue weighted by Gasteiger charge is 2.52. The van der Waals surface area contributed by atoms with Crippen LogP contribution < -0.4 is 10.3 Å². The number of nitrogens with two attached hydrogens (primary N) is 2. The van der Waals surface area contributed by atoms with E-state index in [1.54, 1.807) is 6.08 Å². The van der Waals surface area contributed by atoms with Crippen LogP contribution in [0, 0.1) is 0 Å². The highest BCUT2D eigenvalue weighted by Crippen LogP contribution is 2.47. The first-order valence-electron chi connectivity index (χ1n) is 15.0. The second-order valence-corrected chi connectivity index (χ2v) is 21.3. The van der Waals surface area contributed by atoms with E-state index in [-0.39, 0.29) is 15.2 Å². The number of rotatable bonds is 15. The van der Waals surface area contributed by atoms with Gasteiger partial charge in [0.25, 0.3) is 0 Å². The standard InChI is InChI=1S/C9H16O2S.C8H15NO2S.C5H9Br.C4H8O2S.C3H7NO2S/c1-3-4-5-6-9(7-8-9)12(2,10)11;1-2-3-4-5-8(6-7-8)12(9,10)11;1-2-3-4-5-6;1-7(5,6)4-2-3-4;4-7(5,6)3-1-2-3/h3H,1,4-8H2,2H3;2H,1,3-7H2,(H2,9,10,11);2H,1,3-5H2;4H,2-3H2,1H3;3H,1-2H2,(H2,4,5,6). The summed E-state index contributed by atoms with van der Waals surface area (Å²) in [6.45, 7) is 10.8. The molecule has 260 valence electrons. The largest absolute Gasteiger partial charge is 0.229 e. The van der Waals surface area contributed by atoms with Crippen LogP contribution in [0.1, 0.15) is 103 Å². The monoisotopic (exact) mass is 766 g/mol. The Morgan fingerprint density at radius 2 is 1.02 bits per heavy atom. The predicted molar refractivity (Wildman–Crippen MR) is 187 cm³/mol. The molecular weight excluding hydrogens is 712 g/mol. The van der Waals surface area contributed by atoms with E-state index in [2.05, 4.69) is 35.7 Å². The summed E-state index contributed by atoms with van der Waals surface area (Å²) in [6, 6.07) is 0. The van der Waals surface area contributed by atoms with E-state index in [0.29, 0.717) is 6.42 Å². The van der Waals surface area contributed by atoms with Crippen molar-refractivity contribution < 1.29 is 33.7 Å². The molecule has 0 aromatic rings. The van der Waals surface area contributed by atoms with Crippen LogP contribution in [0.3, 0.4) is 0 Å². The molecule has 10 nitrogen and oxygen atoms in total. The Labute approximate surface area is 276 Å². The lowest BCUT2D eigenvalue weighted by molar-refractivity contribution is 0.563. The molecule has 0 saturated heterocycles. The number of unbranched alkanes of at least 4 members (excludes halogenated alkanes) is 3. The van der Waals surface area contributed by atoms with Crippen molar-refractivity contribution in [1.29, 1.82) is 0 Å². The van der Waals surface area contributed by atoms with Crippen molar-refractivity contribution in [3.8, 4) is 0 Å². The minimum atomic E-state index is -3.31. The first-order chi connectivity index (χ1) is 20.2. The number of allylic oxidation sites excluding steroid dienone is 3. The summed E-state index contributed by atoms with van der Waals surface area (Å²) >= 11 is 3.30. The van der Waals surface area contributed by atoms with Gasteiger partial charge in [0.05, 0.1) is 20.0 Å². The van der Waals surface area contributed by atoms with E-state index in [1.165, 1.54) is 18.9 Å². The minimum Gasteiger partial charge on any atom is -0.229 e. The number of hydrogen-bond acceptors (Lipinski definition) is 8. The SMILES string of the molecule is C=CCCCBr.C=CCCCC1(S(C)(=O)=O)CC1.C=CCCCC1(S(N)(=O)=O)CC1.CS(=O)(=O)C1CC1.NS(=O)(=O)C1CC1. The van der Waals surface area contributed by atoms with Crippen LogP contribution >= 0.6 is 15.9 Å². The predicted octanol–water partition coefficient (Wildman–Crippen LogP) is 5.06. The van der Waals surface area contributed by atoms with Crippen molar-refractivity contribution >= 4 is 55.7 Å². The van der Waals surface area contributed by atoms with Gasteiger partial charge in [0.2, 0.25) is 20.0 Å². The number of alkyl halides is 1. The van der Waals surface area contributed by atoms with Gasteiger partial charge >= 0.3 is 0 Å². The molecule has 0 radical (unpaired) electrons. The van der Waals surface area contributed by atoms with Gasteiger partial charge in [-0.3, -0.25) is 0 Å². The fourth-order valence-corrected chi connectivity index (χ4v) is 8.58. The summed E-state index contributed by atoms with van der Waals surface area (Å²) in [7, 11) is -11.9. The van der Waals surface area contributed by atoms with E-state index in [0.717, 1.165) is 95.2 Å². The zero-order valence-electron chi connectivity index (χ0n) is 26.5. The molecule has 0 bridgehead atoms. The summed E-state index contributed by atoms with van der Waals surface area (Å²) in [4.78, 5) is 0. The molecule has 4 N–H and O–H groups in total. The van der Waals surface area contributed by atoms with Gasteiger partial charge in [-0.25, -0.2) is 43.9 Å². The van der Waals surface area contributed by atoms with E-state index < -0.39 is 44.5 Å². The van der Waals surface area contributed by atoms with Gasteiger partial charge < -0.3 is 0 Å². The fraction of sp³-hybridized carbons (Fsp3) is 0.793. The lowest BCUT2D eigenvalue weighted by atomic mass is 10.2. The molecule has 0 heterocycles. The van der Waals surface area contributed by atoms with Gasteiger partial charge in [0, 0.05) is 17.8 Å². The maximum Gasteiger partial charge on any atom is 0.214 e. The number of halogens is 1. The van der Waals surface area contributed by atoms with Gasteiger partial charge in [-0.15, -0.1) is 19.7 Å². The third-order valence-corrected chi connectivity index (χ3v) is 15.4. The molecule has 4 saturated carbocycles. The van der Waals surface area contributed by atoms with Crippen LogP contribution in [-0.4, -0.2) is 71.5 Å². The zero-order valence-corrected chi connectivity index (χ0v) is 31.3. The van der Waals surface area contributed by atoms with E-state index in [1.807, 2.05) is 12.2 Å². The van der Waals surface area contributed by atoms with Crippen molar-refractivity contribution in [1.82, 2.24) is 0 Å². The highest BCUT2D eigenvalue weighted by molar-refractivity contribution is 9.09. The van der Waals surface area contributed by atoms with Crippen molar-refractivity contribution in [2.45, 2.75) is 123 Å². The Morgan fingerprint density at radius 3 is 1.18 bits per heavy atom. The molecule has 4 fully saturated rings. The molecule has 0 unspecified atom stereocenters. The van der Waals surface area contributed by atoms with Gasteiger partial charge in [-0.05, 0) is 103 Å². The van der Waals surface area contributed by atoms with Gasteiger partial charge in [-0.2, -0.15) is 0 Å². The highest BCUT2D eigenvalue weighted by atomic mass is 79.9. The Balaban J connectivity index is 0.000000542. The fourth-order valence-electron chi connectivity index (χ4n) is 4.01. The molecule has 4 rings (SSSR count). The topological polar surface area (TPSA) is 189 Å². The molecule has 0 aliphatic heterocycles. The van der Waals surface area contributed by atoms with Crippen LogP contribution in [0.2, 0.25) is 0 Å². The number of hydrogen-bond donors (Lipinski definition) is 2. The maximum absolute atomic E-state index is 11.3. The van der Waals surface area contributed by atoms with Crippen LogP contribution in [0.5, 0.6) is 0 Å². The second kappa shape index (κ2) is 19.3. The first kappa shape index (κ1) is 43.4. The number of sulfone groups is 2. The third kappa shape index (κ3) is 18.5. The summed E-state index contributed by atoms with van der Waals surface area (Å²) in [5.41, 5.74) is 0. The van der Waals surface area contributed by atoms with E-state index in [9.17, 15) is 33.7 Å². The van der Waals surface area contributed by atoms with E-state index >= 15 is 0 Å². The van der Waals surface area contributed by atoms with Crippen molar-refractivity contribution in [3.63, 3.8) is 0 Å². The van der Waals surface area contributed by atoms with Gasteiger partial charge in [0.1, 0.15) is 9.84 Å². The van der Waals surface area contributed by atoms with Crippen molar-refractivity contribution in [2.75, 3.05) is 17.8 Å². The van der Waals surface area contributed by atoms with Crippen LogP contribution in [0.4, 0.5) is 0 Å². The number of primary sulfonamides is 2. The Hall–Kier alpha value is -0.580. The quantitative estimate of drug-likeness (QED) is 0.131. The van der Waals surface area contributed by atoms with Crippen molar-refractivity contribution in [2.24, 2.45) is 10.3 Å². The lowest BCUT2D eigenvalue weighted by Crippen LogP contribution is -2.30. The molecular formula is C29H55BrN2O8S4. The molecule has 4 aliphatic rings. The molecule has 4 aliphatic carbocycles. The normalized spacial score (nSPS) is 19.4. The average Bonchev–Trinajstić information content (AvgIpc) is 3.72. The van der Waals surface area contributed by atoms with Crippen LogP contribution in [-0.2, 0) is 39.7 Å². The summed E-state index contributed by atoms with van der Waals surface area (Å²) in [5, 5.41) is 10.7. The molecule has 0 atom stereocenters. The third-order valence-electron chi connectivity index (χ3n) is 7.75. The summed E-state index contributed by atoms with van der Waals surface area (Å²) < 4.78 is 84.9. The molecule has 0 aromatic heterocycles. The van der Waals surface area contributed by atoms with Crippen LogP contribution in [0.25, 0.3) is 0 Å². The molecule has 0 spiro atoms. The molecule has 15 heteroatoms. The smallest absolute Gasteiger partial charge is 0.214 e. The average molecular weight is 768 g/mol. The minimum absolute atomic E-state index is 0.0208. The first-order valence-corrected chi connectivity index (χ1v) is 23.1. The summed E-state index contributed by atoms with van der Waals surface area (Å²) in [6.07, 6.45) is 22.2. The number of sulfonamides is 2. The van der Waals surface area contributed by atoms with Crippen LogP contribution in [0.15, 0.2) is 38.0 Å². The lowest BCUT2D eigenvalue weighted by Gasteiger charge is -2.11. The van der Waals surface area contributed by atoms with Crippen molar-refractivity contribution in [3.05, 3.63) is 38.0 Å². The maximum atomic E-state index is 11.3. The van der Waals surface area contributed by atoms with Gasteiger partial charge in [-0.1, -0.05) is 34.2 Å². The summed E-state index contributed by atoms with van der Waals surface area (Å²) in [5.74, 6) is 0. The Bertz CT molecular complexity index is 1230. The molecule has 44 heavy (non-hydrogen) atoms. The molecule has 0 aromatic carbocycles. The zero-order chi connectivity index (χ0) is 34.3. The Morgan fingerprint density at radius 1 is 0.659 bits per heavy atom. The van der Waals surface area contributed by atoms with Gasteiger partial charge in [0.15, 0.2) is 9.84 Å². The second-order valence-electron chi connectivity index (χ2n) is 12.0. The van der Waals surface area contributed by atoms with E-state index in [4.69, 9.17) is 10.3 Å². The molecule has 0 amide bonds. The Kier molecular flexibility index (Phi) is 19.0.